The van der Waals surface area contributed by atoms with Gasteiger partial charge in [-0.1, -0.05) is 26.8 Å². The Hall–Kier alpha value is -0.300. The standard InChI is InChI=1S/C11H20O/c1-8-7-9(10(2,3)4)12-11(8,5)6/h7,9H,1-6H3. The minimum Gasteiger partial charge on any atom is -0.363 e. The predicted molar refractivity (Wildman–Crippen MR) is 52.2 cm³/mol. The molecule has 0 N–H and O–H groups in total. The van der Waals surface area contributed by atoms with E-state index in [2.05, 4.69) is 47.6 Å². The topological polar surface area (TPSA) is 9.23 Å². The van der Waals surface area contributed by atoms with Gasteiger partial charge in [-0.25, -0.2) is 0 Å². The highest BCUT2D eigenvalue weighted by Gasteiger charge is 2.37. The average Bonchev–Trinajstić information content (AvgIpc) is 2.06. The summed E-state index contributed by atoms with van der Waals surface area (Å²) in [5, 5.41) is 0. The first-order chi connectivity index (χ1) is 5.23. The van der Waals surface area contributed by atoms with Crippen LogP contribution in [0.15, 0.2) is 11.6 Å². The summed E-state index contributed by atoms with van der Waals surface area (Å²) in [6.07, 6.45) is 2.52. The smallest absolute Gasteiger partial charge is 0.0842 e. The third-order valence-electron chi connectivity index (χ3n) is 2.63. The number of rotatable bonds is 0. The predicted octanol–water partition coefficient (Wildman–Crippen LogP) is 3.16. The summed E-state index contributed by atoms with van der Waals surface area (Å²) in [6, 6.07) is 0. The fraction of sp³-hybridized carbons (Fsp3) is 0.818. The van der Waals surface area contributed by atoms with Gasteiger partial charge in [-0.15, -0.1) is 0 Å². The molecule has 1 atom stereocenters. The third kappa shape index (κ3) is 1.71. The van der Waals surface area contributed by atoms with Gasteiger partial charge >= 0.3 is 0 Å². The van der Waals surface area contributed by atoms with Gasteiger partial charge < -0.3 is 4.74 Å². The summed E-state index contributed by atoms with van der Waals surface area (Å²) in [6.45, 7) is 13.0. The van der Waals surface area contributed by atoms with Crippen molar-refractivity contribution < 1.29 is 4.74 Å². The van der Waals surface area contributed by atoms with Gasteiger partial charge in [0.2, 0.25) is 0 Å². The lowest BCUT2D eigenvalue weighted by Crippen LogP contribution is -2.31. The molecule has 1 unspecified atom stereocenters. The molecule has 0 saturated heterocycles. The molecule has 1 heterocycles. The van der Waals surface area contributed by atoms with E-state index in [0.717, 1.165) is 0 Å². The molecule has 1 nitrogen and oxygen atoms in total. The first-order valence-electron chi connectivity index (χ1n) is 4.60. The Morgan fingerprint density at radius 2 is 1.83 bits per heavy atom. The zero-order valence-electron chi connectivity index (χ0n) is 9.06. The van der Waals surface area contributed by atoms with Gasteiger partial charge in [0.15, 0.2) is 0 Å². The van der Waals surface area contributed by atoms with E-state index < -0.39 is 0 Å². The Morgan fingerprint density at radius 1 is 1.33 bits per heavy atom. The van der Waals surface area contributed by atoms with Crippen LogP contribution in [0.1, 0.15) is 41.5 Å². The molecule has 12 heavy (non-hydrogen) atoms. The second kappa shape index (κ2) is 2.59. The number of ether oxygens (including phenoxy) is 1. The molecule has 0 saturated carbocycles. The number of hydrogen-bond donors (Lipinski definition) is 0. The molecule has 0 fully saturated rings. The molecule has 1 aliphatic heterocycles. The van der Waals surface area contributed by atoms with Crippen molar-refractivity contribution in [3.63, 3.8) is 0 Å². The molecule has 0 radical (unpaired) electrons. The molecule has 1 rings (SSSR count). The van der Waals surface area contributed by atoms with Crippen LogP contribution >= 0.6 is 0 Å². The van der Waals surface area contributed by atoms with Gasteiger partial charge in [0.25, 0.3) is 0 Å². The fourth-order valence-electron chi connectivity index (χ4n) is 1.30. The molecule has 0 bridgehead atoms. The Bertz CT molecular complexity index is 206. The zero-order chi connectivity index (χ0) is 9.57. The van der Waals surface area contributed by atoms with Crippen LogP contribution in [0.4, 0.5) is 0 Å². The van der Waals surface area contributed by atoms with Gasteiger partial charge in [-0.05, 0) is 31.8 Å². The lowest BCUT2D eigenvalue weighted by molar-refractivity contribution is -0.0495. The Kier molecular flexibility index (Phi) is 2.12. The summed E-state index contributed by atoms with van der Waals surface area (Å²) in [5.74, 6) is 0. The molecule has 70 valence electrons. The van der Waals surface area contributed by atoms with Gasteiger partial charge in [0.05, 0.1) is 11.7 Å². The highest BCUT2D eigenvalue weighted by Crippen LogP contribution is 2.37. The summed E-state index contributed by atoms with van der Waals surface area (Å²) >= 11 is 0. The molecule has 1 heteroatoms. The monoisotopic (exact) mass is 168 g/mol. The number of hydrogen-bond acceptors (Lipinski definition) is 1. The van der Waals surface area contributed by atoms with Gasteiger partial charge in [-0.2, -0.15) is 0 Å². The van der Waals surface area contributed by atoms with Crippen LogP contribution in [-0.2, 0) is 4.74 Å². The molecule has 0 spiro atoms. The van der Waals surface area contributed by atoms with E-state index in [-0.39, 0.29) is 17.1 Å². The maximum absolute atomic E-state index is 5.93. The molecule has 0 aromatic heterocycles. The van der Waals surface area contributed by atoms with Crippen LogP contribution in [-0.4, -0.2) is 11.7 Å². The maximum Gasteiger partial charge on any atom is 0.0842 e. The van der Waals surface area contributed by atoms with Crippen LogP contribution in [0, 0.1) is 5.41 Å². The van der Waals surface area contributed by atoms with Crippen LogP contribution in [0.3, 0.4) is 0 Å². The molecular formula is C11H20O. The van der Waals surface area contributed by atoms with Crippen molar-refractivity contribution in [1.82, 2.24) is 0 Å². The fourth-order valence-corrected chi connectivity index (χ4v) is 1.30. The maximum atomic E-state index is 5.93. The van der Waals surface area contributed by atoms with Crippen LogP contribution in [0.25, 0.3) is 0 Å². The van der Waals surface area contributed by atoms with Gasteiger partial charge in [0.1, 0.15) is 0 Å². The minimum absolute atomic E-state index is 0.0576. The summed E-state index contributed by atoms with van der Waals surface area (Å²) < 4.78 is 5.93. The molecule has 0 aromatic rings. The third-order valence-corrected chi connectivity index (χ3v) is 2.63. The van der Waals surface area contributed by atoms with Crippen LogP contribution in [0.5, 0.6) is 0 Å². The minimum atomic E-state index is -0.0576. The second-order valence-electron chi connectivity index (χ2n) is 5.26. The Balaban J connectivity index is 2.81. The van der Waals surface area contributed by atoms with E-state index >= 15 is 0 Å². The SMILES string of the molecule is CC1=CC(C(C)(C)C)OC1(C)C. The highest BCUT2D eigenvalue weighted by atomic mass is 16.5. The second-order valence-corrected chi connectivity index (χ2v) is 5.26. The van der Waals surface area contributed by atoms with Crippen molar-refractivity contribution in [2.45, 2.75) is 53.2 Å². The van der Waals surface area contributed by atoms with E-state index in [4.69, 9.17) is 4.74 Å². The van der Waals surface area contributed by atoms with E-state index in [9.17, 15) is 0 Å². The molecule has 0 aliphatic carbocycles. The van der Waals surface area contributed by atoms with Crippen molar-refractivity contribution in [1.29, 1.82) is 0 Å². The van der Waals surface area contributed by atoms with Crippen LogP contribution < -0.4 is 0 Å². The lowest BCUT2D eigenvalue weighted by Gasteiger charge is -2.29. The first kappa shape index (κ1) is 9.79. The van der Waals surface area contributed by atoms with E-state index in [1.54, 1.807) is 0 Å². The highest BCUT2D eigenvalue weighted by molar-refractivity contribution is 5.20. The van der Waals surface area contributed by atoms with Gasteiger partial charge in [0, 0.05) is 0 Å². The summed E-state index contributed by atoms with van der Waals surface area (Å²) in [4.78, 5) is 0. The summed E-state index contributed by atoms with van der Waals surface area (Å²) in [5.41, 5.74) is 1.51. The van der Waals surface area contributed by atoms with Crippen molar-refractivity contribution in [3.8, 4) is 0 Å². The lowest BCUT2D eigenvalue weighted by atomic mass is 9.89. The van der Waals surface area contributed by atoms with Crippen molar-refractivity contribution in [2.75, 3.05) is 0 Å². The van der Waals surface area contributed by atoms with Crippen molar-refractivity contribution in [3.05, 3.63) is 11.6 Å². The van der Waals surface area contributed by atoms with Crippen LogP contribution in [0.2, 0.25) is 0 Å². The first-order valence-corrected chi connectivity index (χ1v) is 4.60. The molecule has 0 aromatic carbocycles. The Labute approximate surface area is 75.8 Å². The zero-order valence-corrected chi connectivity index (χ0v) is 9.06. The molecular weight excluding hydrogens is 148 g/mol. The average molecular weight is 168 g/mol. The van der Waals surface area contributed by atoms with Crippen molar-refractivity contribution >= 4 is 0 Å². The molecule has 1 aliphatic rings. The normalized spacial score (nSPS) is 28.8. The van der Waals surface area contributed by atoms with E-state index in [1.165, 1.54) is 5.57 Å². The quantitative estimate of drug-likeness (QED) is 0.505. The van der Waals surface area contributed by atoms with E-state index in [1.807, 2.05) is 0 Å². The largest absolute Gasteiger partial charge is 0.363 e. The van der Waals surface area contributed by atoms with Gasteiger partial charge in [-0.3, -0.25) is 0 Å². The van der Waals surface area contributed by atoms with Crippen molar-refractivity contribution in [2.24, 2.45) is 5.41 Å². The van der Waals surface area contributed by atoms with E-state index in [0.29, 0.717) is 0 Å². The Morgan fingerprint density at radius 3 is 2.00 bits per heavy atom. The summed E-state index contributed by atoms with van der Waals surface area (Å²) in [7, 11) is 0. The molecule has 0 amide bonds.